The molecule has 0 bridgehead atoms. The number of hydrogen-bond donors (Lipinski definition) is 1. The second-order valence-electron chi connectivity index (χ2n) is 6.89. The molecule has 0 amide bonds. The van der Waals surface area contributed by atoms with Crippen LogP contribution in [0.25, 0.3) is 10.4 Å². The number of benzene rings is 2. The van der Waals surface area contributed by atoms with Crippen molar-refractivity contribution in [2.24, 2.45) is 5.10 Å². The summed E-state index contributed by atoms with van der Waals surface area (Å²) in [5, 5.41) is 9.74. The van der Waals surface area contributed by atoms with Crippen LogP contribution in [0.4, 0.5) is 27.1 Å². The quantitative estimate of drug-likeness (QED) is 0.331. The number of nitrogens with zero attached hydrogens (tertiary/aromatic N) is 3. The Morgan fingerprint density at radius 3 is 2.40 bits per heavy atom. The van der Waals surface area contributed by atoms with E-state index in [1.807, 2.05) is 19.2 Å². The molecular formula is C24H23F5N4OS. The van der Waals surface area contributed by atoms with Crippen LogP contribution in [-0.2, 0) is 6.18 Å². The van der Waals surface area contributed by atoms with E-state index in [2.05, 4.69) is 15.4 Å². The minimum Gasteiger partial charge on any atom is -0.365 e. The molecule has 3 aromatic rings. The third-order valence-corrected chi connectivity index (χ3v) is 5.61. The Morgan fingerprint density at radius 1 is 1.11 bits per heavy atom. The zero-order valence-electron chi connectivity index (χ0n) is 19.1. The molecule has 0 saturated carbocycles. The maximum absolute atomic E-state index is 13.0. The Kier molecular flexibility index (Phi) is 10.1. The summed E-state index contributed by atoms with van der Waals surface area (Å²) in [6, 6.07) is 11.1. The van der Waals surface area contributed by atoms with E-state index in [-0.39, 0.29) is 5.56 Å². The second kappa shape index (κ2) is 12.7. The first-order chi connectivity index (χ1) is 16.7. The highest BCUT2D eigenvalue weighted by Crippen LogP contribution is 2.37. The van der Waals surface area contributed by atoms with Gasteiger partial charge in [-0.1, -0.05) is 41.7 Å². The van der Waals surface area contributed by atoms with Crippen LogP contribution in [-0.4, -0.2) is 49.8 Å². The number of rotatable bonds is 4. The molecule has 11 heteroatoms. The summed E-state index contributed by atoms with van der Waals surface area (Å²) in [7, 11) is 4.06. The van der Waals surface area contributed by atoms with Crippen LogP contribution in [0.3, 0.4) is 0 Å². The molecule has 0 fully saturated rings. The van der Waals surface area contributed by atoms with E-state index in [4.69, 9.17) is 0 Å². The molecule has 1 aromatic heterocycles. The fraction of sp³-hybridized carbons (Fsp3) is 0.208. The molecule has 2 aromatic carbocycles. The zero-order chi connectivity index (χ0) is 26.0. The average Bonchev–Trinajstić information content (AvgIpc) is 3.30. The number of aromatic nitrogens is 1. The van der Waals surface area contributed by atoms with Gasteiger partial charge in [-0.2, -0.15) is 18.3 Å². The lowest BCUT2D eigenvalue weighted by Gasteiger charge is -2.16. The number of aldehydes is 1. The number of hydrazone groups is 1. The van der Waals surface area contributed by atoms with Gasteiger partial charge in [-0.15, -0.1) is 0 Å². The maximum Gasteiger partial charge on any atom is 0.416 e. The number of carbonyl (C=O) groups is 1. The number of hydrogen-bond acceptors (Lipinski definition) is 6. The lowest BCUT2D eigenvalue weighted by molar-refractivity contribution is -0.137. The number of halogens is 5. The summed E-state index contributed by atoms with van der Waals surface area (Å²) in [5.41, 5.74) is 1.12. The van der Waals surface area contributed by atoms with Gasteiger partial charge in [-0.05, 0) is 35.9 Å². The summed E-state index contributed by atoms with van der Waals surface area (Å²) < 4.78 is 60.8. The number of allylic oxidation sites excluding steroid dienone is 1. The van der Waals surface area contributed by atoms with E-state index in [9.17, 15) is 26.7 Å². The maximum atomic E-state index is 13.0. The summed E-state index contributed by atoms with van der Waals surface area (Å²) >= 11 is 1.30. The minimum atomic E-state index is -4.38. The van der Waals surface area contributed by atoms with Gasteiger partial charge in [0.05, 0.1) is 29.7 Å². The van der Waals surface area contributed by atoms with E-state index in [0.717, 1.165) is 12.1 Å². The number of anilines is 1. The summed E-state index contributed by atoms with van der Waals surface area (Å²) in [4.78, 5) is 15.1. The van der Waals surface area contributed by atoms with E-state index in [1.165, 1.54) is 29.5 Å². The average molecular weight is 511 g/mol. The van der Waals surface area contributed by atoms with Gasteiger partial charge in [-0.25, -0.2) is 9.37 Å². The summed E-state index contributed by atoms with van der Waals surface area (Å²) in [5.74, 6) is -0.465. The molecule has 2 heterocycles. The molecule has 0 saturated heterocycles. The van der Waals surface area contributed by atoms with E-state index < -0.39 is 17.6 Å². The highest BCUT2D eigenvalue weighted by atomic mass is 32.1. The van der Waals surface area contributed by atoms with Crippen molar-refractivity contribution >= 4 is 28.5 Å². The van der Waals surface area contributed by atoms with Gasteiger partial charge in [0.2, 0.25) is 0 Å². The third kappa shape index (κ3) is 7.44. The number of thiazole rings is 1. The van der Waals surface area contributed by atoms with Crippen molar-refractivity contribution in [3.63, 3.8) is 0 Å². The molecule has 1 aliphatic rings. The molecule has 35 heavy (non-hydrogen) atoms. The largest absolute Gasteiger partial charge is 0.416 e. The molecular weight excluding hydrogens is 487 g/mol. The topological polar surface area (TPSA) is 57.6 Å². The predicted octanol–water partition coefficient (Wildman–Crippen LogP) is 6.30. The van der Waals surface area contributed by atoms with Gasteiger partial charge in [0.15, 0.2) is 11.4 Å². The molecule has 0 spiro atoms. The smallest absolute Gasteiger partial charge is 0.365 e. The molecule has 0 unspecified atom stereocenters. The van der Waals surface area contributed by atoms with Crippen molar-refractivity contribution in [2.75, 3.05) is 33.1 Å². The Labute approximate surface area is 203 Å². The Bertz CT molecular complexity index is 1190. The molecule has 0 radical (unpaired) electrons. The summed E-state index contributed by atoms with van der Waals surface area (Å²) in [6.45, 7) is 0.686. The first-order valence-electron chi connectivity index (χ1n) is 10.1. The van der Waals surface area contributed by atoms with Crippen molar-refractivity contribution in [3.8, 4) is 10.4 Å². The minimum absolute atomic E-state index is 0.109. The molecule has 0 aliphatic carbocycles. The van der Waals surface area contributed by atoms with Gasteiger partial charge in [0, 0.05) is 14.1 Å². The van der Waals surface area contributed by atoms with Crippen molar-refractivity contribution in [3.05, 3.63) is 83.3 Å². The molecule has 1 N–H and O–H groups in total. The Balaban J connectivity index is 0.000000329. The Hall–Kier alpha value is -3.60. The predicted molar refractivity (Wildman–Crippen MR) is 129 cm³/mol. The molecule has 5 nitrogen and oxygen atoms in total. The van der Waals surface area contributed by atoms with Gasteiger partial charge in [0.1, 0.15) is 17.2 Å². The van der Waals surface area contributed by atoms with E-state index in [0.29, 0.717) is 47.0 Å². The lowest BCUT2D eigenvalue weighted by atomic mass is 10.1. The second-order valence-corrected chi connectivity index (χ2v) is 7.89. The summed E-state index contributed by atoms with van der Waals surface area (Å²) in [6.07, 6.45) is -0.104. The fourth-order valence-corrected chi connectivity index (χ4v) is 3.83. The standard InChI is InChI=1S/C16H15F3N4S.C7H5FO.CH3F/c1-20-15-21-13(12-7-4-8-23(2)22-12)14(24-15)10-5-3-6-11(9-10)16(17,18)19;8-7-4-2-1-3-6(7)5-9;1-2/h3-7,9H,8H2,1-2H3,(H,20,21);1-5H;1H3. The van der Waals surface area contributed by atoms with Gasteiger partial charge >= 0.3 is 6.18 Å². The van der Waals surface area contributed by atoms with Crippen LogP contribution < -0.4 is 5.32 Å². The van der Waals surface area contributed by atoms with Crippen LogP contribution in [0.15, 0.2) is 65.8 Å². The fourth-order valence-electron chi connectivity index (χ4n) is 2.91. The van der Waals surface area contributed by atoms with E-state index >= 15 is 0 Å². The SMILES string of the molecule is CF.CNc1nc(C2=NN(C)CC=C2)c(-c2cccc(C(F)(F)F)c2)s1.O=Cc1ccccc1F. The molecule has 186 valence electrons. The van der Waals surface area contributed by atoms with Crippen LogP contribution in [0, 0.1) is 5.82 Å². The lowest BCUT2D eigenvalue weighted by Crippen LogP contribution is -2.19. The Morgan fingerprint density at radius 2 is 1.83 bits per heavy atom. The van der Waals surface area contributed by atoms with Gasteiger partial charge in [0.25, 0.3) is 0 Å². The number of likely N-dealkylation sites (N-methyl/N-ethyl adjacent to an activating group) is 1. The zero-order valence-corrected chi connectivity index (χ0v) is 19.9. The van der Waals surface area contributed by atoms with Crippen molar-refractivity contribution in [1.29, 1.82) is 0 Å². The van der Waals surface area contributed by atoms with Crippen LogP contribution in [0.2, 0.25) is 0 Å². The van der Waals surface area contributed by atoms with Crippen molar-refractivity contribution in [2.45, 2.75) is 6.18 Å². The van der Waals surface area contributed by atoms with Crippen LogP contribution >= 0.6 is 11.3 Å². The first kappa shape index (κ1) is 27.6. The van der Waals surface area contributed by atoms with Crippen molar-refractivity contribution < 1.29 is 26.7 Å². The van der Waals surface area contributed by atoms with Gasteiger partial charge in [-0.3, -0.25) is 14.2 Å². The molecule has 0 atom stereocenters. The van der Waals surface area contributed by atoms with Gasteiger partial charge < -0.3 is 5.32 Å². The van der Waals surface area contributed by atoms with Crippen molar-refractivity contribution in [1.82, 2.24) is 9.99 Å². The molecule has 4 rings (SSSR count). The van der Waals surface area contributed by atoms with Crippen LogP contribution in [0.1, 0.15) is 21.6 Å². The number of carbonyl (C=O) groups excluding carboxylic acids is 1. The highest BCUT2D eigenvalue weighted by Gasteiger charge is 2.31. The molecule has 1 aliphatic heterocycles. The number of alkyl halides is 4. The third-order valence-electron chi connectivity index (χ3n) is 4.49. The number of nitrogens with one attached hydrogen (secondary N) is 1. The first-order valence-corrected chi connectivity index (χ1v) is 10.9. The highest BCUT2D eigenvalue weighted by molar-refractivity contribution is 7.19. The van der Waals surface area contributed by atoms with E-state index in [1.54, 1.807) is 30.3 Å². The monoisotopic (exact) mass is 510 g/mol. The normalized spacial score (nSPS) is 12.6. The van der Waals surface area contributed by atoms with Crippen LogP contribution in [0.5, 0.6) is 0 Å².